The summed E-state index contributed by atoms with van der Waals surface area (Å²) < 4.78 is 21.8. The molecule has 5 rings (SSSR count). The molecule has 36 heavy (non-hydrogen) atoms. The molecule has 7 nitrogen and oxygen atoms in total. The monoisotopic (exact) mass is 492 g/mol. The molecular weight excluding hydrogens is 459 g/mol. The zero-order valence-corrected chi connectivity index (χ0v) is 21.0. The van der Waals surface area contributed by atoms with Crippen molar-refractivity contribution >= 4 is 22.8 Å². The van der Waals surface area contributed by atoms with Gasteiger partial charge in [-0.1, -0.05) is 18.2 Å². The molecule has 3 heterocycles. The Morgan fingerprint density at radius 3 is 2.39 bits per heavy atom. The third-order valence-corrected chi connectivity index (χ3v) is 7.70. The molecule has 0 bridgehead atoms. The Hall–Kier alpha value is -3.42. The maximum Gasteiger partial charge on any atom is 0.225 e. The van der Waals surface area contributed by atoms with E-state index < -0.39 is 0 Å². The van der Waals surface area contributed by atoms with Crippen molar-refractivity contribution in [2.24, 2.45) is 5.92 Å². The van der Waals surface area contributed by atoms with E-state index >= 15 is 0 Å². The minimum absolute atomic E-state index is 0.00435. The molecule has 3 aromatic rings. The van der Waals surface area contributed by atoms with Gasteiger partial charge in [0.05, 0.1) is 18.1 Å². The first kappa shape index (κ1) is 24.3. The Labute approximate surface area is 210 Å². The van der Waals surface area contributed by atoms with Crippen LogP contribution in [0.4, 0.5) is 4.39 Å². The van der Waals surface area contributed by atoms with Crippen molar-refractivity contribution in [1.82, 2.24) is 19.4 Å². The van der Waals surface area contributed by atoms with Crippen LogP contribution < -0.4 is 4.74 Å². The van der Waals surface area contributed by atoms with Crippen LogP contribution in [0.1, 0.15) is 50.0 Å². The summed E-state index contributed by atoms with van der Waals surface area (Å²) in [6.07, 6.45) is 3.69. The molecule has 0 radical (unpaired) electrons. The molecule has 1 aromatic heterocycles. The average Bonchev–Trinajstić information content (AvgIpc) is 3.25. The second-order valence-electron chi connectivity index (χ2n) is 9.86. The first-order valence-electron chi connectivity index (χ1n) is 12.8. The molecule has 2 fully saturated rings. The number of carbonyl (C=O) groups is 2. The minimum atomic E-state index is -0.299. The van der Waals surface area contributed by atoms with E-state index in [0.717, 1.165) is 48.3 Å². The van der Waals surface area contributed by atoms with E-state index in [1.165, 1.54) is 12.1 Å². The van der Waals surface area contributed by atoms with Crippen molar-refractivity contribution in [2.75, 3.05) is 33.3 Å². The van der Waals surface area contributed by atoms with Crippen molar-refractivity contribution in [2.45, 2.75) is 45.1 Å². The summed E-state index contributed by atoms with van der Waals surface area (Å²) in [5, 5.41) is 0. The zero-order valence-electron chi connectivity index (χ0n) is 21.0. The number of benzene rings is 2. The highest BCUT2D eigenvalue weighted by Crippen LogP contribution is 2.32. The van der Waals surface area contributed by atoms with E-state index in [1.54, 1.807) is 14.0 Å². The molecular formula is C28H33FN4O3. The van der Waals surface area contributed by atoms with Crippen LogP contribution >= 0.6 is 0 Å². The fourth-order valence-corrected chi connectivity index (χ4v) is 5.72. The summed E-state index contributed by atoms with van der Waals surface area (Å²) in [5.41, 5.74) is 2.60. The van der Waals surface area contributed by atoms with Crippen molar-refractivity contribution < 1.29 is 18.7 Å². The summed E-state index contributed by atoms with van der Waals surface area (Å²) in [4.78, 5) is 33.4. The third-order valence-electron chi connectivity index (χ3n) is 7.70. The SMILES string of the molecule is COc1ccccc1Cc1nc2cc(F)ccc2n1C1CCN(C(=O)C2CCN(C(C)=O)CC2)CC1. The molecule has 0 aliphatic carbocycles. The Morgan fingerprint density at radius 2 is 1.69 bits per heavy atom. The molecule has 2 amide bonds. The van der Waals surface area contributed by atoms with Crippen molar-refractivity contribution in [3.8, 4) is 5.75 Å². The van der Waals surface area contributed by atoms with E-state index in [9.17, 15) is 14.0 Å². The van der Waals surface area contributed by atoms with Gasteiger partial charge < -0.3 is 19.1 Å². The summed E-state index contributed by atoms with van der Waals surface area (Å²) in [7, 11) is 1.66. The van der Waals surface area contributed by atoms with Crippen molar-refractivity contribution in [1.29, 1.82) is 0 Å². The maximum atomic E-state index is 14.0. The van der Waals surface area contributed by atoms with E-state index in [2.05, 4.69) is 4.57 Å². The van der Waals surface area contributed by atoms with Gasteiger partial charge in [0.2, 0.25) is 11.8 Å². The number of aromatic nitrogens is 2. The van der Waals surface area contributed by atoms with Gasteiger partial charge in [0.25, 0.3) is 0 Å². The standard InChI is InChI=1S/C28H33FN4O3/c1-19(34)31-13-9-20(10-14-31)28(35)32-15-11-23(12-16-32)33-25-8-7-22(29)18-24(25)30-27(33)17-21-5-3-4-6-26(21)36-2/h3-8,18,20,23H,9-17H2,1-2H3. The summed E-state index contributed by atoms with van der Waals surface area (Å²) in [6, 6.07) is 12.8. The molecule has 0 spiro atoms. The predicted molar refractivity (Wildman–Crippen MR) is 135 cm³/mol. The van der Waals surface area contributed by atoms with E-state index in [4.69, 9.17) is 9.72 Å². The topological polar surface area (TPSA) is 67.7 Å². The Balaban J connectivity index is 1.33. The van der Waals surface area contributed by atoms with E-state index in [1.807, 2.05) is 40.1 Å². The van der Waals surface area contributed by atoms with Gasteiger partial charge in [0.1, 0.15) is 17.4 Å². The number of halogens is 1. The van der Waals surface area contributed by atoms with Crippen molar-refractivity contribution in [3.05, 3.63) is 59.7 Å². The number of methoxy groups -OCH3 is 1. The highest BCUT2D eigenvalue weighted by atomic mass is 19.1. The number of fused-ring (bicyclic) bond motifs is 1. The van der Waals surface area contributed by atoms with Crippen LogP contribution in [0.3, 0.4) is 0 Å². The van der Waals surface area contributed by atoms with Gasteiger partial charge in [-0.15, -0.1) is 0 Å². The summed E-state index contributed by atoms with van der Waals surface area (Å²) in [5.74, 6) is 1.67. The summed E-state index contributed by atoms with van der Waals surface area (Å²) in [6.45, 7) is 4.28. The molecule has 190 valence electrons. The van der Waals surface area contributed by atoms with Crippen LogP contribution in [0.15, 0.2) is 42.5 Å². The Kier molecular flexibility index (Phi) is 6.94. The second-order valence-corrected chi connectivity index (χ2v) is 9.86. The Morgan fingerprint density at radius 1 is 1.00 bits per heavy atom. The van der Waals surface area contributed by atoms with Gasteiger partial charge in [0.15, 0.2) is 0 Å². The lowest BCUT2D eigenvalue weighted by molar-refractivity contribution is -0.141. The zero-order chi connectivity index (χ0) is 25.2. The van der Waals surface area contributed by atoms with Crippen LogP contribution in [0, 0.1) is 11.7 Å². The fourth-order valence-electron chi connectivity index (χ4n) is 5.72. The highest BCUT2D eigenvalue weighted by Gasteiger charge is 2.32. The number of imidazole rings is 1. The fraction of sp³-hybridized carbons (Fsp3) is 0.464. The average molecular weight is 493 g/mol. The van der Waals surface area contributed by atoms with Crippen LogP contribution in [-0.2, 0) is 16.0 Å². The number of ether oxygens (including phenoxy) is 1. The molecule has 0 atom stereocenters. The molecule has 2 aliphatic heterocycles. The molecule has 0 saturated carbocycles. The van der Waals surface area contributed by atoms with Gasteiger partial charge in [0, 0.05) is 63.1 Å². The second kappa shape index (κ2) is 10.3. The maximum absolute atomic E-state index is 14.0. The minimum Gasteiger partial charge on any atom is -0.496 e. The lowest BCUT2D eigenvalue weighted by Gasteiger charge is -2.37. The largest absolute Gasteiger partial charge is 0.496 e. The Bertz CT molecular complexity index is 1260. The number of hydrogen-bond donors (Lipinski definition) is 0. The number of para-hydroxylation sites is 1. The number of rotatable bonds is 5. The number of piperidine rings is 2. The van der Waals surface area contributed by atoms with E-state index in [-0.39, 0.29) is 29.6 Å². The summed E-state index contributed by atoms with van der Waals surface area (Å²) >= 11 is 0. The van der Waals surface area contributed by atoms with Gasteiger partial charge in [-0.05, 0) is 43.9 Å². The van der Waals surface area contributed by atoms with Crippen molar-refractivity contribution in [3.63, 3.8) is 0 Å². The molecule has 8 heteroatoms. The van der Waals surface area contributed by atoms with Gasteiger partial charge in [-0.25, -0.2) is 9.37 Å². The normalized spacial score (nSPS) is 17.5. The molecule has 2 aromatic carbocycles. The quantitative estimate of drug-likeness (QED) is 0.536. The number of nitrogens with zero attached hydrogens (tertiary/aromatic N) is 4. The van der Waals surface area contributed by atoms with Gasteiger partial charge in [-0.3, -0.25) is 9.59 Å². The first-order valence-corrected chi connectivity index (χ1v) is 12.8. The highest BCUT2D eigenvalue weighted by molar-refractivity contribution is 5.80. The van der Waals surface area contributed by atoms with Crippen LogP contribution in [0.2, 0.25) is 0 Å². The number of amides is 2. The number of likely N-dealkylation sites (tertiary alicyclic amines) is 2. The molecule has 2 aliphatic rings. The van der Waals surface area contributed by atoms with Gasteiger partial charge >= 0.3 is 0 Å². The third kappa shape index (κ3) is 4.81. The molecule has 0 unspecified atom stereocenters. The van der Waals surface area contributed by atoms with Crippen LogP contribution in [0.25, 0.3) is 11.0 Å². The first-order chi connectivity index (χ1) is 17.4. The van der Waals surface area contributed by atoms with Gasteiger partial charge in [-0.2, -0.15) is 0 Å². The van der Waals surface area contributed by atoms with Crippen LogP contribution in [0.5, 0.6) is 5.75 Å². The lowest BCUT2D eigenvalue weighted by Crippen LogP contribution is -2.46. The molecule has 0 N–H and O–H groups in total. The van der Waals surface area contributed by atoms with Crippen LogP contribution in [-0.4, -0.2) is 64.5 Å². The van der Waals surface area contributed by atoms with E-state index in [0.29, 0.717) is 38.1 Å². The molecule has 2 saturated heterocycles. The smallest absolute Gasteiger partial charge is 0.225 e. The predicted octanol–water partition coefficient (Wildman–Crippen LogP) is 4.20. The number of hydrogen-bond acceptors (Lipinski definition) is 4. The number of carbonyl (C=O) groups excluding carboxylic acids is 2. The lowest BCUT2D eigenvalue weighted by atomic mass is 9.93.